The first kappa shape index (κ1) is 16.8. The summed E-state index contributed by atoms with van der Waals surface area (Å²) in [5, 5.41) is 9.56. The Hall–Kier alpha value is -2.55. The van der Waals surface area contributed by atoms with Crippen molar-refractivity contribution in [2.45, 2.75) is 33.8 Å². The van der Waals surface area contributed by atoms with E-state index in [4.69, 9.17) is 4.74 Å². The summed E-state index contributed by atoms with van der Waals surface area (Å²) in [6.45, 7) is 7.91. The minimum Gasteiger partial charge on any atom is -0.491 e. The average Bonchev–Trinajstić information content (AvgIpc) is 2.47. The highest BCUT2D eigenvalue weighted by Gasteiger charge is 2.11. The number of carbonyl (C=O) groups is 1. The Kier molecular flexibility index (Phi) is 5.22. The molecule has 3 heteroatoms. The number of ether oxygens (including phenoxy) is 1. The van der Waals surface area contributed by atoms with Gasteiger partial charge in [0.1, 0.15) is 5.75 Å². The Bertz CT molecular complexity index is 742. The molecule has 1 N–H and O–H groups in total. The van der Waals surface area contributed by atoms with E-state index < -0.39 is 5.97 Å². The predicted octanol–water partition coefficient (Wildman–Crippen LogP) is 4.72. The lowest BCUT2D eigenvalue weighted by Crippen LogP contribution is -2.05. The Morgan fingerprint density at radius 1 is 1.09 bits per heavy atom. The van der Waals surface area contributed by atoms with Crippen molar-refractivity contribution >= 4 is 17.6 Å². The van der Waals surface area contributed by atoms with E-state index in [1.807, 2.05) is 70.2 Å². The second-order valence-corrected chi connectivity index (χ2v) is 5.90. The third-order valence-electron chi connectivity index (χ3n) is 3.59. The Morgan fingerprint density at radius 3 is 2.43 bits per heavy atom. The molecule has 0 radical (unpaired) electrons. The van der Waals surface area contributed by atoms with Crippen LogP contribution in [0.15, 0.2) is 42.5 Å². The van der Waals surface area contributed by atoms with Crippen LogP contribution in [0, 0.1) is 13.8 Å². The molecule has 0 saturated heterocycles. The number of rotatable bonds is 5. The van der Waals surface area contributed by atoms with Crippen LogP contribution in [0.3, 0.4) is 0 Å². The second kappa shape index (κ2) is 7.14. The molecule has 23 heavy (non-hydrogen) atoms. The highest BCUT2D eigenvalue weighted by atomic mass is 16.5. The normalized spacial score (nSPS) is 11.6. The number of hydrogen-bond donors (Lipinski definition) is 1. The molecule has 0 unspecified atom stereocenters. The zero-order chi connectivity index (χ0) is 17.0. The van der Waals surface area contributed by atoms with E-state index >= 15 is 0 Å². The van der Waals surface area contributed by atoms with E-state index in [1.165, 1.54) is 0 Å². The molecular weight excluding hydrogens is 288 g/mol. The largest absolute Gasteiger partial charge is 0.491 e. The molecule has 120 valence electrons. The van der Waals surface area contributed by atoms with Crippen LogP contribution in [0.4, 0.5) is 0 Å². The molecule has 0 atom stereocenters. The number of aliphatic carboxylic acids is 1. The Labute approximate surface area is 137 Å². The maximum atomic E-state index is 11.7. The van der Waals surface area contributed by atoms with Gasteiger partial charge < -0.3 is 9.84 Å². The molecule has 0 bridgehead atoms. The number of aryl methyl sites for hydroxylation is 2. The number of carboxylic acids is 1. The number of carboxylic acid groups (broad SMARTS) is 1. The van der Waals surface area contributed by atoms with Gasteiger partial charge in [-0.1, -0.05) is 30.3 Å². The van der Waals surface area contributed by atoms with E-state index in [9.17, 15) is 9.90 Å². The van der Waals surface area contributed by atoms with E-state index in [2.05, 4.69) is 0 Å². The average molecular weight is 310 g/mol. The third-order valence-corrected chi connectivity index (χ3v) is 3.59. The molecule has 0 spiro atoms. The first-order chi connectivity index (χ1) is 10.9. The molecule has 0 aliphatic rings. The first-order valence-electron chi connectivity index (χ1n) is 7.66. The Balaban J connectivity index is 2.43. The maximum Gasteiger partial charge on any atom is 0.336 e. The van der Waals surface area contributed by atoms with E-state index in [-0.39, 0.29) is 11.7 Å². The van der Waals surface area contributed by atoms with Gasteiger partial charge in [-0.05, 0) is 68.2 Å². The van der Waals surface area contributed by atoms with Crippen molar-refractivity contribution in [3.8, 4) is 5.75 Å². The zero-order valence-electron chi connectivity index (χ0n) is 14.0. The highest BCUT2D eigenvalue weighted by Crippen LogP contribution is 2.23. The molecule has 0 aliphatic carbocycles. The van der Waals surface area contributed by atoms with Crippen molar-refractivity contribution in [1.82, 2.24) is 0 Å². The summed E-state index contributed by atoms with van der Waals surface area (Å²) in [6, 6.07) is 13.2. The van der Waals surface area contributed by atoms with Gasteiger partial charge in [0.15, 0.2) is 0 Å². The lowest BCUT2D eigenvalue weighted by Gasteiger charge is -2.10. The van der Waals surface area contributed by atoms with Gasteiger partial charge in [0, 0.05) is 0 Å². The summed E-state index contributed by atoms with van der Waals surface area (Å²) in [6.07, 6.45) is 1.76. The summed E-state index contributed by atoms with van der Waals surface area (Å²) in [5.41, 5.74) is 4.00. The molecule has 0 heterocycles. The lowest BCUT2D eigenvalue weighted by molar-refractivity contribution is -0.130. The zero-order valence-corrected chi connectivity index (χ0v) is 14.0. The van der Waals surface area contributed by atoms with Crippen molar-refractivity contribution in [2.75, 3.05) is 0 Å². The predicted molar refractivity (Wildman–Crippen MR) is 93.6 cm³/mol. The molecule has 2 aromatic rings. The standard InChI is InChI=1S/C20H22O3/c1-13(2)23-18-7-5-6-16(11-18)12-19(20(21)22)17-9-8-14(3)15(4)10-17/h5-13H,1-4H3,(H,21,22)/b19-12-. The van der Waals surface area contributed by atoms with E-state index in [0.29, 0.717) is 5.56 Å². The van der Waals surface area contributed by atoms with Gasteiger partial charge in [0.05, 0.1) is 11.7 Å². The van der Waals surface area contributed by atoms with Gasteiger partial charge in [-0.25, -0.2) is 4.79 Å². The maximum absolute atomic E-state index is 11.7. The molecule has 0 saturated carbocycles. The van der Waals surface area contributed by atoms with Crippen LogP contribution in [-0.4, -0.2) is 17.2 Å². The minimum atomic E-state index is -0.941. The number of hydrogen-bond acceptors (Lipinski definition) is 2. The van der Waals surface area contributed by atoms with Crippen LogP contribution in [0.2, 0.25) is 0 Å². The van der Waals surface area contributed by atoms with Crippen molar-refractivity contribution in [2.24, 2.45) is 0 Å². The fourth-order valence-electron chi connectivity index (χ4n) is 2.29. The molecule has 0 amide bonds. The van der Waals surface area contributed by atoms with Crippen LogP contribution in [0.1, 0.15) is 36.1 Å². The molecule has 0 aromatic heterocycles. The van der Waals surface area contributed by atoms with Crippen LogP contribution in [0.5, 0.6) is 5.75 Å². The fraction of sp³-hybridized carbons (Fsp3) is 0.250. The van der Waals surface area contributed by atoms with Gasteiger partial charge in [-0.3, -0.25) is 0 Å². The molecule has 0 aliphatic heterocycles. The first-order valence-corrected chi connectivity index (χ1v) is 7.66. The molecule has 2 rings (SSSR count). The van der Waals surface area contributed by atoms with Gasteiger partial charge in [0.25, 0.3) is 0 Å². The van der Waals surface area contributed by atoms with Crippen molar-refractivity contribution in [3.63, 3.8) is 0 Å². The van der Waals surface area contributed by atoms with Gasteiger partial charge >= 0.3 is 5.97 Å². The summed E-state index contributed by atoms with van der Waals surface area (Å²) >= 11 is 0. The fourth-order valence-corrected chi connectivity index (χ4v) is 2.29. The quantitative estimate of drug-likeness (QED) is 0.642. The monoisotopic (exact) mass is 310 g/mol. The summed E-state index contributed by atoms with van der Waals surface area (Å²) in [4.78, 5) is 11.7. The summed E-state index contributed by atoms with van der Waals surface area (Å²) in [5.74, 6) is -0.206. The minimum absolute atomic E-state index is 0.0768. The Morgan fingerprint density at radius 2 is 1.83 bits per heavy atom. The molecule has 2 aromatic carbocycles. The summed E-state index contributed by atoms with van der Waals surface area (Å²) < 4.78 is 5.66. The lowest BCUT2D eigenvalue weighted by atomic mass is 9.98. The van der Waals surface area contributed by atoms with Crippen molar-refractivity contribution in [1.29, 1.82) is 0 Å². The molecule has 0 fully saturated rings. The molecular formula is C20H22O3. The summed E-state index contributed by atoms with van der Waals surface area (Å²) in [7, 11) is 0. The van der Waals surface area contributed by atoms with Crippen molar-refractivity contribution < 1.29 is 14.6 Å². The topological polar surface area (TPSA) is 46.5 Å². The van der Waals surface area contributed by atoms with Crippen molar-refractivity contribution in [3.05, 3.63) is 64.7 Å². The van der Waals surface area contributed by atoms with E-state index in [1.54, 1.807) is 6.08 Å². The van der Waals surface area contributed by atoms with Crippen LogP contribution in [0.25, 0.3) is 11.6 Å². The third kappa shape index (κ3) is 4.46. The van der Waals surface area contributed by atoms with Crippen LogP contribution in [-0.2, 0) is 4.79 Å². The van der Waals surface area contributed by atoms with Gasteiger partial charge in [-0.15, -0.1) is 0 Å². The van der Waals surface area contributed by atoms with Gasteiger partial charge in [0.2, 0.25) is 0 Å². The SMILES string of the molecule is Cc1ccc(/C(=C/c2cccc(OC(C)C)c2)C(=O)O)cc1C. The van der Waals surface area contributed by atoms with E-state index in [0.717, 1.165) is 22.4 Å². The van der Waals surface area contributed by atoms with Crippen LogP contribution >= 0.6 is 0 Å². The second-order valence-electron chi connectivity index (χ2n) is 5.90. The smallest absolute Gasteiger partial charge is 0.336 e. The molecule has 3 nitrogen and oxygen atoms in total. The van der Waals surface area contributed by atoms with Gasteiger partial charge in [-0.2, -0.15) is 0 Å². The highest BCUT2D eigenvalue weighted by molar-refractivity contribution is 6.20. The number of benzene rings is 2. The van der Waals surface area contributed by atoms with Crippen LogP contribution < -0.4 is 4.74 Å².